The molecule has 0 aromatic heterocycles. The highest BCUT2D eigenvalue weighted by atomic mass is 16.6. The summed E-state index contributed by atoms with van der Waals surface area (Å²) in [7, 11) is 1.42. The van der Waals surface area contributed by atoms with Crippen molar-refractivity contribution < 1.29 is 24.6 Å². The largest absolute Gasteiger partial charge is 0.508 e. The number of hydrogen-bond donors (Lipinski definition) is 3. The van der Waals surface area contributed by atoms with Crippen molar-refractivity contribution in [2.24, 2.45) is 5.16 Å². The summed E-state index contributed by atoms with van der Waals surface area (Å²) in [5.41, 5.74) is 5.64. The zero-order valence-electron chi connectivity index (χ0n) is 21.1. The quantitative estimate of drug-likeness (QED) is 0.427. The van der Waals surface area contributed by atoms with E-state index in [1.54, 1.807) is 18.2 Å². The average molecular weight is 502 g/mol. The number of oxime groups is 1. The van der Waals surface area contributed by atoms with Crippen LogP contribution in [0.3, 0.4) is 0 Å². The lowest BCUT2D eigenvalue weighted by molar-refractivity contribution is -0.125. The molecule has 8 nitrogen and oxygen atoms in total. The molecule has 0 aliphatic carbocycles. The first-order valence-corrected chi connectivity index (χ1v) is 12.1. The Morgan fingerprint density at radius 2 is 1.86 bits per heavy atom. The summed E-state index contributed by atoms with van der Waals surface area (Å²) in [6, 6.07) is 19.2. The number of phenols is 1. The molecule has 0 saturated carbocycles. The molecule has 1 fully saturated rings. The number of hydrogen-bond acceptors (Lipinski definition) is 6. The van der Waals surface area contributed by atoms with Gasteiger partial charge in [-0.05, 0) is 59.9 Å². The van der Waals surface area contributed by atoms with Gasteiger partial charge in [-0.25, -0.2) is 0 Å². The number of phenolic OH excluding ortho intramolecular Hbond substituents is 1. The van der Waals surface area contributed by atoms with Crippen molar-refractivity contribution >= 4 is 17.5 Å². The Balaban J connectivity index is 1.52. The van der Waals surface area contributed by atoms with E-state index in [4.69, 9.17) is 4.84 Å². The van der Waals surface area contributed by atoms with Gasteiger partial charge in [0.1, 0.15) is 18.9 Å². The number of carbonyl (C=O) groups is 2. The fourth-order valence-corrected chi connectivity index (χ4v) is 4.64. The first-order valence-electron chi connectivity index (χ1n) is 12.1. The van der Waals surface area contributed by atoms with Crippen molar-refractivity contribution in [3.05, 3.63) is 89.0 Å². The number of aromatic hydroxyl groups is 1. The minimum Gasteiger partial charge on any atom is -0.508 e. The summed E-state index contributed by atoms with van der Waals surface area (Å²) < 4.78 is 0. The van der Waals surface area contributed by atoms with Crippen LogP contribution >= 0.6 is 0 Å². The second-order valence-corrected chi connectivity index (χ2v) is 9.19. The van der Waals surface area contributed by atoms with Crippen LogP contribution in [0.5, 0.6) is 5.75 Å². The third-order valence-corrected chi connectivity index (χ3v) is 6.58. The van der Waals surface area contributed by atoms with Crippen molar-refractivity contribution in [2.75, 3.05) is 20.2 Å². The van der Waals surface area contributed by atoms with Crippen LogP contribution in [-0.2, 0) is 9.63 Å². The van der Waals surface area contributed by atoms with E-state index in [1.807, 2.05) is 50.2 Å². The van der Waals surface area contributed by atoms with E-state index in [1.165, 1.54) is 24.1 Å². The van der Waals surface area contributed by atoms with Gasteiger partial charge < -0.3 is 25.3 Å². The van der Waals surface area contributed by atoms with Gasteiger partial charge in [0.2, 0.25) is 5.91 Å². The molecule has 1 saturated heterocycles. The number of nitrogens with zero attached hydrogens (tertiary/aromatic N) is 2. The number of aliphatic hydroxyl groups is 1. The van der Waals surface area contributed by atoms with Crippen LogP contribution in [0.15, 0.2) is 71.9 Å². The fraction of sp³-hybridized carbons (Fsp3) is 0.276. The number of amides is 2. The Bertz CT molecular complexity index is 1340. The standard InChI is InChI=1S/C29H31N3O5/c1-18-7-4-5-10-24(18)20-11-12-25(19(2)13-20)29(36)32-17-22(31-37-3)15-26(32)28(35)30-16-27(34)21-8-6-9-23(33)14-21/h4-14,26-27,33-34H,15-17H2,1-3H3,(H,30,35)/b31-22+/t26-,27+/m0/s1. The van der Waals surface area contributed by atoms with Gasteiger partial charge in [-0.1, -0.05) is 53.7 Å². The van der Waals surface area contributed by atoms with Gasteiger partial charge in [0.05, 0.1) is 18.4 Å². The highest BCUT2D eigenvalue weighted by Gasteiger charge is 2.39. The minimum absolute atomic E-state index is 0.0275. The Labute approximate surface area is 216 Å². The summed E-state index contributed by atoms with van der Waals surface area (Å²) >= 11 is 0. The number of benzene rings is 3. The molecule has 0 spiro atoms. The van der Waals surface area contributed by atoms with E-state index in [2.05, 4.69) is 10.5 Å². The van der Waals surface area contributed by atoms with Crippen LogP contribution in [0, 0.1) is 13.8 Å². The second-order valence-electron chi connectivity index (χ2n) is 9.19. The lowest BCUT2D eigenvalue weighted by Gasteiger charge is -2.25. The molecule has 3 aromatic carbocycles. The van der Waals surface area contributed by atoms with E-state index in [-0.39, 0.29) is 31.2 Å². The lowest BCUT2D eigenvalue weighted by Crippen LogP contribution is -2.47. The van der Waals surface area contributed by atoms with Crippen LogP contribution in [0.1, 0.15) is 39.6 Å². The minimum atomic E-state index is -1.01. The van der Waals surface area contributed by atoms with E-state index in [0.29, 0.717) is 16.8 Å². The van der Waals surface area contributed by atoms with E-state index < -0.39 is 18.1 Å². The van der Waals surface area contributed by atoms with Gasteiger partial charge in [-0.2, -0.15) is 0 Å². The Morgan fingerprint density at radius 3 is 2.57 bits per heavy atom. The van der Waals surface area contributed by atoms with Gasteiger partial charge >= 0.3 is 0 Å². The highest BCUT2D eigenvalue weighted by molar-refractivity contribution is 6.06. The zero-order chi connectivity index (χ0) is 26.5. The van der Waals surface area contributed by atoms with Crippen LogP contribution in [0.2, 0.25) is 0 Å². The third-order valence-electron chi connectivity index (χ3n) is 6.58. The normalized spacial score (nSPS) is 17.0. The Kier molecular flexibility index (Phi) is 7.89. The number of aryl methyl sites for hydroxylation is 2. The van der Waals surface area contributed by atoms with Crippen LogP contribution in [0.25, 0.3) is 11.1 Å². The first kappa shape index (κ1) is 25.9. The molecule has 37 heavy (non-hydrogen) atoms. The second kappa shape index (κ2) is 11.3. The highest BCUT2D eigenvalue weighted by Crippen LogP contribution is 2.27. The first-order chi connectivity index (χ1) is 17.8. The van der Waals surface area contributed by atoms with E-state index >= 15 is 0 Å². The molecule has 0 unspecified atom stereocenters. The molecule has 0 bridgehead atoms. The molecule has 3 N–H and O–H groups in total. The fourth-order valence-electron chi connectivity index (χ4n) is 4.64. The number of rotatable bonds is 7. The molecular formula is C29H31N3O5. The molecule has 4 rings (SSSR count). The van der Waals surface area contributed by atoms with Crippen molar-refractivity contribution in [1.82, 2.24) is 10.2 Å². The molecule has 1 heterocycles. The SMILES string of the molecule is CO/N=C1\C[C@@H](C(=O)NC[C@@H](O)c2cccc(O)c2)N(C(=O)c2ccc(-c3ccccc3C)cc2C)C1. The van der Waals surface area contributed by atoms with Crippen LogP contribution in [0.4, 0.5) is 0 Å². The monoisotopic (exact) mass is 501 g/mol. The molecule has 192 valence electrons. The number of aliphatic hydroxyl groups excluding tert-OH is 1. The van der Waals surface area contributed by atoms with Gasteiger partial charge in [-0.3, -0.25) is 9.59 Å². The summed E-state index contributed by atoms with van der Waals surface area (Å²) in [5.74, 6) is -0.647. The molecule has 3 aromatic rings. The average Bonchev–Trinajstić information content (AvgIpc) is 3.31. The van der Waals surface area contributed by atoms with Gasteiger partial charge in [0.25, 0.3) is 5.91 Å². The molecule has 0 radical (unpaired) electrons. The number of nitrogens with one attached hydrogen (secondary N) is 1. The summed E-state index contributed by atoms with van der Waals surface area (Å²) in [4.78, 5) is 33.2. The summed E-state index contributed by atoms with van der Waals surface area (Å²) in [6.45, 7) is 4.03. The smallest absolute Gasteiger partial charge is 0.255 e. The molecule has 2 amide bonds. The van der Waals surface area contributed by atoms with Crippen LogP contribution < -0.4 is 5.32 Å². The molecule has 8 heteroatoms. The van der Waals surface area contributed by atoms with Gasteiger partial charge in [-0.15, -0.1) is 0 Å². The van der Waals surface area contributed by atoms with Crippen LogP contribution in [-0.4, -0.2) is 58.9 Å². The predicted octanol–water partition coefficient (Wildman–Crippen LogP) is 3.74. The van der Waals surface area contributed by atoms with Gasteiger partial charge in [0.15, 0.2) is 0 Å². The Hall–Kier alpha value is -4.17. The zero-order valence-corrected chi connectivity index (χ0v) is 21.1. The van der Waals surface area contributed by atoms with Crippen molar-refractivity contribution in [2.45, 2.75) is 32.4 Å². The third kappa shape index (κ3) is 5.81. The summed E-state index contributed by atoms with van der Waals surface area (Å²) in [6.07, 6.45) is -0.779. The van der Waals surface area contributed by atoms with E-state index in [0.717, 1.165) is 22.3 Å². The number of carbonyl (C=O) groups excluding carboxylic acids is 2. The maximum Gasteiger partial charge on any atom is 0.255 e. The number of likely N-dealkylation sites (tertiary alicyclic amines) is 1. The summed E-state index contributed by atoms with van der Waals surface area (Å²) in [5, 5.41) is 26.8. The molecule has 1 aliphatic heterocycles. The van der Waals surface area contributed by atoms with Crippen molar-refractivity contribution in [3.8, 4) is 16.9 Å². The topological polar surface area (TPSA) is 111 Å². The maximum absolute atomic E-state index is 13.6. The van der Waals surface area contributed by atoms with Crippen molar-refractivity contribution in [1.29, 1.82) is 0 Å². The molecule has 1 aliphatic rings. The van der Waals surface area contributed by atoms with Gasteiger partial charge in [0, 0.05) is 18.5 Å². The van der Waals surface area contributed by atoms with Crippen molar-refractivity contribution in [3.63, 3.8) is 0 Å². The maximum atomic E-state index is 13.6. The molecular weight excluding hydrogens is 470 g/mol. The van der Waals surface area contributed by atoms with E-state index in [9.17, 15) is 19.8 Å². The Morgan fingerprint density at radius 1 is 1.08 bits per heavy atom. The molecule has 2 atom stereocenters. The lowest BCUT2D eigenvalue weighted by atomic mass is 9.96. The predicted molar refractivity (Wildman–Crippen MR) is 141 cm³/mol.